The molecule has 4 rings (SSSR count). The lowest BCUT2D eigenvalue weighted by molar-refractivity contribution is -0.136. The number of amides is 1. The molecule has 2 aromatic rings. The molecule has 2 aliphatic rings. The van der Waals surface area contributed by atoms with E-state index in [1.165, 1.54) is 43.4 Å². The van der Waals surface area contributed by atoms with Gasteiger partial charge in [-0.2, -0.15) is 0 Å². The zero-order chi connectivity index (χ0) is 16.4. The number of carbonyl (C=O) groups is 1. The van der Waals surface area contributed by atoms with Gasteiger partial charge in [-0.1, -0.05) is 12.8 Å². The number of aromatic nitrogens is 3. The van der Waals surface area contributed by atoms with Crippen molar-refractivity contribution in [3.05, 3.63) is 29.5 Å². The van der Waals surface area contributed by atoms with Gasteiger partial charge in [-0.3, -0.25) is 4.79 Å². The number of hydrogen-bond acceptors (Lipinski definition) is 5. The highest BCUT2D eigenvalue weighted by Crippen LogP contribution is 2.35. The predicted molar refractivity (Wildman–Crippen MR) is 93.5 cm³/mol. The zero-order valence-electron chi connectivity index (χ0n) is 13.7. The highest BCUT2D eigenvalue weighted by Gasteiger charge is 2.35. The summed E-state index contributed by atoms with van der Waals surface area (Å²) in [6.07, 6.45) is 11.3. The summed E-state index contributed by atoms with van der Waals surface area (Å²) in [6, 6.07) is 2.26. The van der Waals surface area contributed by atoms with Gasteiger partial charge in [0.2, 0.25) is 5.91 Å². The number of hydrogen-bond donors (Lipinski definition) is 0. The van der Waals surface area contributed by atoms with E-state index >= 15 is 0 Å². The molecular weight excluding hydrogens is 320 g/mol. The molecule has 1 aliphatic carbocycles. The van der Waals surface area contributed by atoms with E-state index in [1.807, 2.05) is 5.38 Å². The van der Waals surface area contributed by atoms with Gasteiger partial charge in [0.1, 0.15) is 0 Å². The van der Waals surface area contributed by atoms with E-state index in [9.17, 15) is 4.79 Å². The first-order valence-electron chi connectivity index (χ1n) is 8.82. The molecule has 0 aromatic carbocycles. The average Bonchev–Trinajstić information content (AvgIpc) is 3.10. The zero-order valence-corrected chi connectivity index (χ0v) is 14.5. The Morgan fingerprint density at radius 2 is 1.96 bits per heavy atom. The van der Waals surface area contributed by atoms with Gasteiger partial charge in [-0.25, -0.2) is 15.0 Å². The van der Waals surface area contributed by atoms with Gasteiger partial charge in [0, 0.05) is 30.4 Å². The van der Waals surface area contributed by atoms with E-state index in [-0.39, 0.29) is 5.91 Å². The lowest BCUT2D eigenvalue weighted by Gasteiger charge is -2.44. The van der Waals surface area contributed by atoms with Gasteiger partial charge in [-0.05, 0) is 37.7 Å². The van der Waals surface area contributed by atoms with Gasteiger partial charge in [0.05, 0.1) is 12.1 Å². The van der Waals surface area contributed by atoms with Crippen molar-refractivity contribution in [2.75, 3.05) is 6.54 Å². The maximum atomic E-state index is 12.8. The minimum atomic E-state index is 0.234. The molecule has 126 valence electrons. The fraction of sp³-hybridized carbons (Fsp3) is 0.556. The first-order valence-corrected chi connectivity index (χ1v) is 9.70. The second kappa shape index (κ2) is 6.97. The molecular formula is C18H22N4OS. The highest BCUT2D eigenvalue weighted by molar-refractivity contribution is 7.13. The van der Waals surface area contributed by atoms with Gasteiger partial charge in [-0.15, -0.1) is 11.3 Å². The van der Waals surface area contributed by atoms with Crippen LogP contribution in [0.3, 0.4) is 0 Å². The molecule has 0 unspecified atom stereocenters. The summed E-state index contributed by atoms with van der Waals surface area (Å²) in [5.74, 6) is 1.59. The quantitative estimate of drug-likeness (QED) is 0.858. The summed E-state index contributed by atoms with van der Waals surface area (Å²) in [5.41, 5.74) is 0.838. The fourth-order valence-corrected chi connectivity index (χ4v) is 4.86. The molecule has 5 nitrogen and oxygen atoms in total. The maximum Gasteiger partial charge on any atom is 0.228 e. The summed E-state index contributed by atoms with van der Waals surface area (Å²) >= 11 is 1.51. The molecule has 3 heterocycles. The van der Waals surface area contributed by atoms with Crippen molar-refractivity contribution < 1.29 is 4.79 Å². The Balaban J connectivity index is 1.45. The molecule has 0 N–H and O–H groups in total. The van der Waals surface area contributed by atoms with Crippen LogP contribution in [0.2, 0.25) is 0 Å². The van der Waals surface area contributed by atoms with Crippen LogP contribution in [0.4, 0.5) is 0 Å². The molecule has 1 saturated heterocycles. The summed E-state index contributed by atoms with van der Waals surface area (Å²) in [6.45, 7) is 0.915. The molecule has 1 aliphatic heterocycles. The first-order chi connectivity index (χ1) is 11.8. The molecule has 0 spiro atoms. The summed E-state index contributed by atoms with van der Waals surface area (Å²) in [4.78, 5) is 28.0. The van der Waals surface area contributed by atoms with E-state index in [0.717, 1.165) is 29.6 Å². The number of fused-ring (bicyclic) bond motifs is 1. The summed E-state index contributed by atoms with van der Waals surface area (Å²) < 4.78 is 0. The third-order valence-corrected chi connectivity index (χ3v) is 6.09. The number of thiazole rings is 1. The largest absolute Gasteiger partial charge is 0.339 e. The molecule has 24 heavy (non-hydrogen) atoms. The van der Waals surface area contributed by atoms with E-state index in [0.29, 0.717) is 18.3 Å². The Hall–Kier alpha value is -1.82. The van der Waals surface area contributed by atoms with Gasteiger partial charge < -0.3 is 4.90 Å². The second-order valence-corrected chi connectivity index (χ2v) is 7.59. The molecule has 1 saturated carbocycles. The van der Waals surface area contributed by atoms with Crippen molar-refractivity contribution in [2.45, 2.75) is 51.0 Å². The molecule has 1 amide bonds. The maximum absolute atomic E-state index is 12.8. The first kappa shape index (κ1) is 15.7. The summed E-state index contributed by atoms with van der Waals surface area (Å²) in [7, 11) is 0. The Morgan fingerprint density at radius 1 is 1.17 bits per heavy atom. The minimum Gasteiger partial charge on any atom is -0.339 e. The van der Waals surface area contributed by atoms with Crippen LogP contribution >= 0.6 is 11.3 Å². The SMILES string of the molecule is O=C(Cc1csc(-c2ncccn2)n1)N1CCC[C@@H]2CCCC[C@@H]21. The number of likely N-dealkylation sites (tertiary alicyclic amines) is 1. The van der Waals surface area contributed by atoms with Crippen molar-refractivity contribution in [3.63, 3.8) is 0 Å². The number of rotatable bonds is 3. The molecule has 2 aromatic heterocycles. The van der Waals surface area contributed by atoms with E-state index in [4.69, 9.17) is 0 Å². The lowest BCUT2D eigenvalue weighted by atomic mass is 9.78. The van der Waals surface area contributed by atoms with Crippen LogP contribution in [-0.2, 0) is 11.2 Å². The second-order valence-electron chi connectivity index (χ2n) is 6.73. The topological polar surface area (TPSA) is 59.0 Å². The van der Waals surface area contributed by atoms with Crippen LogP contribution in [0.25, 0.3) is 10.8 Å². The van der Waals surface area contributed by atoms with Crippen LogP contribution < -0.4 is 0 Å². The molecule has 0 bridgehead atoms. The van der Waals surface area contributed by atoms with E-state index < -0.39 is 0 Å². The predicted octanol–water partition coefficient (Wildman–Crippen LogP) is 3.32. The third-order valence-electron chi connectivity index (χ3n) is 5.20. The van der Waals surface area contributed by atoms with Gasteiger partial charge in [0.25, 0.3) is 0 Å². The number of nitrogens with zero attached hydrogens (tertiary/aromatic N) is 4. The Bertz CT molecular complexity index is 700. The average molecular weight is 342 g/mol. The van der Waals surface area contributed by atoms with Crippen LogP contribution in [0.1, 0.15) is 44.2 Å². The highest BCUT2D eigenvalue weighted by atomic mass is 32.1. The number of piperidine rings is 1. The number of carbonyl (C=O) groups excluding carboxylic acids is 1. The molecule has 6 heteroatoms. The molecule has 0 radical (unpaired) electrons. The minimum absolute atomic E-state index is 0.234. The van der Waals surface area contributed by atoms with Crippen molar-refractivity contribution in [2.24, 2.45) is 5.92 Å². The van der Waals surface area contributed by atoms with E-state index in [2.05, 4.69) is 19.9 Å². The van der Waals surface area contributed by atoms with Crippen LogP contribution in [0.5, 0.6) is 0 Å². The normalized spacial score (nSPS) is 23.8. The molecule has 2 fully saturated rings. The van der Waals surface area contributed by atoms with Crippen molar-refractivity contribution in [1.82, 2.24) is 19.9 Å². The lowest BCUT2D eigenvalue weighted by Crippen LogP contribution is -2.50. The van der Waals surface area contributed by atoms with Crippen molar-refractivity contribution in [3.8, 4) is 10.8 Å². The standard InChI is InChI=1S/C18H22N4OS/c23-16(22-10-3-6-13-5-1-2-7-15(13)22)11-14-12-24-18(21-14)17-19-8-4-9-20-17/h4,8-9,12-13,15H,1-3,5-7,10-11H2/t13-,15-/m0/s1. The fourth-order valence-electron chi connectivity index (χ4n) is 4.09. The van der Waals surface area contributed by atoms with Crippen molar-refractivity contribution in [1.29, 1.82) is 0 Å². The smallest absolute Gasteiger partial charge is 0.228 e. The molecule has 2 atom stereocenters. The Kier molecular flexibility index (Phi) is 4.56. The van der Waals surface area contributed by atoms with Crippen LogP contribution in [-0.4, -0.2) is 38.3 Å². The third kappa shape index (κ3) is 3.20. The summed E-state index contributed by atoms with van der Waals surface area (Å²) in [5, 5.41) is 2.75. The van der Waals surface area contributed by atoms with E-state index in [1.54, 1.807) is 18.5 Å². The Morgan fingerprint density at radius 3 is 2.83 bits per heavy atom. The van der Waals surface area contributed by atoms with Crippen LogP contribution in [0.15, 0.2) is 23.8 Å². The Labute approximate surface area is 146 Å². The monoisotopic (exact) mass is 342 g/mol. The van der Waals surface area contributed by atoms with Crippen LogP contribution in [0, 0.1) is 5.92 Å². The van der Waals surface area contributed by atoms with Gasteiger partial charge >= 0.3 is 0 Å². The van der Waals surface area contributed by atoms with Crippen molar-refractivity contribution >= 4 is 17.2 Å². The van der Waals surface area contributed by atoms with Gasteiger partial charge in [0.15, 0.2) is 10.8 Å².